The monoisotopic (exact) mass is 254 g/mol. The van der Waals surface area contributed by atoms with Gasteiger partial charge in [-0.25, -0.2) is 0 Å². The van der Waals surface area contributed by atoms with Crippen molar-refractivity contribution in [1.82, 2.24) is 10.2 Å². The standard InChI is InChI=1S/C16H34N2/c1-5-6-7-8-9-10-13-18-14-16(3,4)17-12-11-15(18)2/h15,17H,5-14H2,1-4H3. The Kier molecular flexibility index (Phi) is 7.25. The average molecular weight is 254 g/mol. The predicted octanol–water partition coefficient (Wildman–Crippen LogP) is 3.81. The molecule has 0 radical (unpaired) electrons. The lowest BCUT2D eigenvalue weighted by Gasteiger charge is -2.33. The van der Waals surface area contributed by atoms with E-state index in [0.29, 0.717) is 0 Å². The Morgan fingerprint density at radius 3 is 2.50 bits per heavy atom. The number of unbranched alkanes of at least 4 members (excludes halogenated alkanes) is 5. The van der Waals surface area contributed by atoms with Gasteiger partial charge in [-0.1, -0.05) is 39.0 Å². The molecule has 2 heteroatoms. The van der Waals surface area contributed by atoms with Gasteiger partial charge in [0.05, 0.1) is 0 Å². The fourth-order valence-corrected chi connectivity index (χ4v) is 2.92. The summed E-state index contributed by atoms with van der Waals surface area (Å²) < 4.78 is 0. The van der Waals surface area contributed by atoms with Crippen LogP contribution in [0.25, 0.3) is 0 Å². The van der Waals surface area contributed by atoms with Crippen molar-refractivity contribution in [2.75, 3.05) is 19.6 Å². The lowest BCUT2D eigenvalue weighted by atomic mass is 10.0. The van der Waals surface area contributed by atoms with Crippen LogP contribution in [0.2, 0.25) is 0 Å². The third kappa shape index (κ3) is 6.19. The molecule has 1 unspecified atom stereocenters. The van der Waals surface area contributed by atoms with Gasteiger partial charge < -0.3 is 5.32 Å². The van der Waals surface area contributed by atoms with Crippen molar-refractivity contribution in [3.8, 4) is 0 Å². The fourth-order valence-electron chi connectivity index (χ4n) is 2.92. The predicted molar refractivity (Wildman–Crippen MR) is 81.1 cm³/mol. The third-order valence-corrected chi connectivity index (χ3v) is 4.19. The molecule has 1 aliphatic heterocycles. The molecule has 18 heavy (non-hydrogen) atoms. The molecule has 0 amide bonds. The first-order valence-corrected chi connectivity index (χ1v) is 8.04. The van der Waals surface area contributed by atoms with Crippen LogP contribution in [0, 0.1) is 0 Å². The normalized spacial score (nSPS) is 25.0. The molecule has 0 saturated carbocycles. The summed E-state index contributed by atoms with van der Waals surface area (Å²) in [7, 11) is 0. The molecule has 0 aromatic carbocycles. The lowest BCUT2D eigenvalue weighted by molar-refractivity contribution is 0.177. The highest BCUT2D eigenvalue weighted by Crippen LogP contribution is 2.16. The van der Waals surface area contributed by atoms with Crippen LogP contribution in [0.5, 0.6) is 0 Å². The minimum absolute atomic E-state index is 0.285. The molecule has 1 N–H and O–H groups in total. The van der Waals surface area contributed by atoms with E-state index in [4.69, 9.17) is 0 Å². The van der Waals surface area contributed by atoms with Crippen molar-refractivity contribution < 1.29 is 0 Å². The Bertz CT molecular complexity index is 213. The zero-order valence-corrected chi connectivity index (χ0v) is 13.1. The van der Waals surface area contributed by atoms with Crippen LogP contribution < -0.4 is 5.32 Å². The largest absolute Gasteiger partial charge is 0.310 e. The molecule has 2 nitrogen and oxygen atoms in total. The van der Waals surface area contributed by atoms with Gasteiger partial charge in [0.1, 0.15) is 0 Å². The van der Waals surface area contributed by atoms with Gasteiger partial charge in [0.15, 0.2) is 0 Å². The van der Waals surface area contributed by atoms with Crippen LogP contribution in [0.4, 0.5) is 0 Å². The molecule has 1 fully saturated rings. The third-order valence-electron chi connectivity index (χ3n) is 4.19. The summed E-state index contributed by atoms with van der Waals surface area (Å²) in [5.41, 5.74) is 0.285. The molecule has 1 aliphatic rings. The van der Waals surface area contributed by atoms with Crippen LogP contribution in [0.15, 0.2) is 0 Å². The van der Waals surface area contributed by atoms with Crippen LogP contribution in [-0.4, -0.2) is 36.1 Å². The number of hydrogen-bond donors (Lipinski definition) is 1. The highest BCUT2D eigenvalue weighted by atomic mass is 15.2. The Labute approximate surface area is 115 Å². The van der Waals surface area contributed by atoms with E-state index in [2.05, 4.69) is 37.9 Å². The summed E-state index contributed by atoms with van der Waals surface area (Å²) in [6.07, 6.45) is 9.71. The summed E-state index contributed by atoms with van der Waals surface area (Å²) in [5.74, 6) is 0. The molecule has 108 valence electrons. The molecule has 0 aromatic heterocycles. The highest BCUT2D eigenvalue weighted by Gasteiger charge is 2.27. The van der Waals surface area contributed by atoms with Crippen molar-refractivity contribution in [2.24, 2.45) is 0 Å². The fraction of sp³-hybridized carbons (Fsp3) is 1.00. The maximum absolute atomic E-state index is 3.66. The highest BCUT2D eigenvalue weighted by molar-refractivity contribution is 4.87. The van der Waals surface area contributed by atoms with Crippen molar-refractivity contribution in [1.29, 1.82) is 0 Å². The van der Waals surface area contributed by atoms with Gasteiger partial charge in [-0.2, -0.15) is 0 Å². The second-order valence-corrected chi connectivity index (χ2v) is 6.69. The minimum atomic E-state index is 0.285. The molecule has 0 aliphatic carbocycles. The zero-order chi connectivity index (χ0) is 13.4. The van der Waals surface area contributed by atoms with Crippen molar-refractivity contribution in [3.63, 3.8) is 0 Å². The topological polar surface area (TPSA) is 15.3 Å². The molecular formula is C16H34N2. The molecule has 0 bridgehead atoms. The number of rotatable bonds is 7. The molecular weight excluding hydrogens is 220 g/mol. The maximum Gasteiger partial charge on any atom is 0.0252 e. The molecule has 1 saturated heterocycles. The summed E-state index contributed by atoms with van der Waals surface area (Å²) in [6, 6.07) is 0.745. The van der Waals surface area contributed by atoms with Crippen LogP contribution in [0.3, 0.4) is 0 Å². The van der Waals surface area contributed by atoms with Crippen LogP contribution in [-0.2, 0) is 0 Å². The van der Waals surface area contributed by atoms with Gasteiger partial charge in [0, 0.05) is 18.1 Å². The summed E-state index contributed by atoms with van der Waals surface area (Å²) >= 11 is 0. The molecule has 0 aromatic rings. The minimum Gasteiger partial charge on any atom is -0.310 e. The SMILES string of the molecule is CCCCCCCCN1CC(C)(C)NCCC1C. The van der Waals surface area contributed by atoms with Crippen LogP contribution in [0.1, 0.15) is 72.6 Å². The molecule has 1 heterocycles. The number of nitrogens with zero attached hydrogens (tertiary/aromatic N) is 1. The summed E-state index contributed by atoms with van der Waals surface area (Å²) in [5, 5.41) is 3.66. The van der Waals surface area contributed by atoms with Crippen LogP contribution >= 0.6 is 0 Å². The number of nitrogens with one attached hydrogen (secondary N) is 1. The zero-order valence-electron chi connectivity index (χ0n) is 13.1. The molecule has 1 atom stereocenters. The van der Waals surface area contributed by atoms with E-state index < -0.39 is 0 Å². The quantitative estimate of drug-likeness (QED) is 0.695. The van der Waals surface area contributed by atoms with Crippen molar-refractivity contribution in [2.45, 2.75) is 84.2 Å². The van der Waals surface area contributed by atoms with E-state index in [-0.39, 0.29) is 5.54 Å². The summed E-state index contributed by atoms with van der Waals surface area (Å²) in [6.45, 7) is 13.0. The Morgan fingerprint density at radius 1 is 1.11 bits per heavy atom. The van der Waals surface area contributed by atoms with Gasteiger partial charge in [-0.15, -0.1) is 0 Å². The Hall–Kier alpha value is -0.0800. The number of hydrogen-bond acceptors (Lipinski definition) is 2. The van der Waals surface area contributed by atoms with Gasteiger partial charge >= 0.3 is 0 Å². The maximum atomic E-state index is 3.66. The van der Waals surface area contributed by atoms with Crippen molar-refractivity contribution in [3.05, 3.63) is 0 Å². The average Bonchev–Trinajstić information content (AvgIpc) is 2.43. The van der Waals surface area contributed by atoms with E-state index in [1.807, 2.05) is 0 Å². The smallest absolute Gasteiger partial charge is 0.0252 e. The van der Waals surface area contributed by atoms with Gasteiger partial charge in [0.25, 0.3) is 0 Å². The first-order valence-electron chi connectivity index (χ1n) is 8.04. The van der Waals surface area contributed by atoms with E-state index in [9.17, 15) is 0 Å². The first kappa shape index (κ1) is 16.0. The van der Waals surface area contributed by atoms with Gasteiger partial charge in [-0.3, -0.25) is 4.90 Å². The summed E-state index contributed by atoms with van der Waals surface area (Å²) in [4.78, 5) is 2.69. The Balaban J connectivity index is 2.21. The lowest BCUT2D eigenvalue weighted by Crippen LogP contribution is -2.47. The second-order valence-electron chi connectivity index (χ2n) is 6.69. The second kappa shape index (κ2) is 8.16. The van der Waals surface area contributed by atoms with E-state index in [0.717, 1.165) is 6.04 Å². The van der Waals surface area contributed by atoms with Gasteiger partial charge in [0.2, 0.25) is 0 Å². The van der Waals surface area contributed by atoms with Gasteiger partial charge in [-0.05, 0) is 46.7 Å². The molecule has 0 spiro atoms. The van der Waals surface area contributed by atoms with E-state index in [1.54, 1.807) is 0 Å². The molecule has 1 rings (SSSR count). The Morgan fingerprint density at radius 2 is 1.78 bits per heavy atom. The van der Waals surface area contributed by atoms with E-state index in [1.165, 1.54) is 64.6 Å². The first-order chi connectivity index (χ1) is 8.55. The van der Waals surface area contributed by atoms with E-state index >= 15 is 0 Å². The van der Waals surface area contributed by atoms with Crippen molar-refractivity contribution >= 4 is 0 Å².